The van der Waals surface area contributed by atoms with Crippen LogP contribution in [0.4, 0.5) is 5.82 Å². The van der Waals surface area contributed by atoms with Crippen LogP contribution in [0.5, 0.6) is 0 Å². The van der Waals surface area contributed by atoms with E-state index >= 15 is 0 Å². The van der Waals surface area contributed by atoms with Crippen LogP contribution in [0, 0.1) is 0 Å². The smallest absolute Gasteiger partial charge is 0.351 e. The SMILES string of the molecule is CC(=O)Nc1ccn([C@H]2C[C@@H](OC(=O)c3ccccc3C(C)N)C(CO)O2)c(=O)n1. The highest BCUT2D eigenvalue weighted by Gasteiger charge is 2.39. The zero-order valence-electron chi connectivity index (χ0n) is 16.6. The number of hydrogen-bond donors (Lipinski definition) is 3. The minimum absolute atomic E-state index is 0.121. The molecule has 1 amide bonds. The van der Waals surface area contributed by atoms with Crippen molar-refractivity contribution in [1.82, 2.24) is 9.55 Å². The molecule has 2 heterocycles. The number of aliphatic hydroxyl groups is 1. The lowest BCUT2D eigenvalue weighted by Gasteiger charge is -2.18. The van der Waals surface area contributed by atoms with Crippen molar-refractivity contribution < 1.29 is 24.2 Å². The predicted molar refractivity (Wildman–Crippen MR) is 107 cm³/mol. The third kappa shape index (κ3) is 4.73. The Morgan fingerprint density at radius 3 is 2.77 bits per heavy atom. The van der Waals surface area contributed by atoms with E-state index in [0.717, 1.165) is 0 Å². The van der Waals surface area contributed by atoms with Crippen molar-refractivity contribution in [3.63, 3.8) is 0 Å². The summed E-state index contributed by atoms with van der Waals surface area (Å²) in [5.41, 5.74) is 6.27. The summed E-state index contributed by atoms with van der Waals surface area (Å²) >= 11 is 0. The minimum atomic E-state index is -0.802. The molecule has 2 unspecified atom stereocenters. The van der Waals surface area contributed by atoms with Gasteiger partial charge in [0.1, 0.15) is 24.3 Å². The van der Waals surface area contributed by atoms with Crippen molar-refractivity contribution >= 4 is 17.7 Å². The van der Waals surface area contributed by atoms with Crippen LogP contribution in [0.1, 0.15) is 48.5 Å². The molecule has 1 fully saturated rings. The molecule has 3 rings (SSSR count). The zero-order valence-corrected chi connectivity index (χ0v) is 16.6. The van der Waals surface area contributed by atoms with Gasteiger partial charge in [-0.15, -0.1) is 0 Å². The number of nitrogens with two attached hydrogens (primary N) is 1. The number of esters is 1. The molecule has 10 nitrogen and oxygen atoms in total. The van der Waals surface area contributed by atoms with Crippen LogP contribution >= 0.6 is 0 Å². The Labute approximate surface area is 172 Å². The molecule has 0 bridgehead atoms. The molecule has 1 aromatic carbocycles. The number of aliphatic hydroxyl groups excluding tert-OH is 1. The first-order chi connectivity index (χ1) is 14.3. The summed E-state index contributed by atoms with van der Waals surface area (Å²) in [6, 6.07) is 7.96. The highest BCUT2D eigenvalue weighted by Crippen LogP contribution is 2.31. The van der Waals surface area contributed by atoms with E-state index in [-0.39, 0.29) is 24.2 Å². The number of anilines is 1. The Hall–Kier alpha value is -3.08. The van der Waals surface area contributed by atoms with E-state index in [4.69, 9.17) is 15.2 Å². The van der Waals surface area contributed by atoms with E-state index in [1.165, 1.54) is 23.8 Å². The fourth-order valence-corrected chi connectivity index (χ4v) is 3.32. The van der Waals surface area contributed by atoms with Gasteiger partial charge in [0.25, 0.3) is 0 Å². The number of nitrogens with one attached hydrogen (secondary N) is 1. The second-order valence-electron chi connectivity index (χ2n) is 7.05. The number of benzene rings is 1. The molecule has 1 aromatic heterocycles. The molecule has 160 valence electrons. The fraction of sp³-hybridized carbons (Fsp3) is 0.400. The Bertz CT molecular complexity index is 989. The average molecular weight is 416 g/mol. The molecule has 0 spiro atoms. The molecule has 1 aliphatic heterocycles. The van der Waals surface area contributed by atoms with E-state index in [2.05, 4.69) is 10.3 Å². The Kier molecular flexibility index (Phi) is 6.60. The number of aromatic nitrogens is 2. The van der Waals surface area contributed by atoms with Crippen LogP contribution < -0.4 is 16.7 Å². The largest absolute Gasteiger partial charge is 0.456 e. The van der Waals surface area contributed by atoms with Gasteiger partial charge >= 0.3 is 11.7 Å². The Balaban J connectivity index is 1.76. The van der Waals surface area contributed by atoms with Gasteiger partial charge in [-0.25, -0.2) is 9.59 Å². The van der Waals surface area contributed by atoms with Crippen LogP contribution in [0.15, 0.2) is 41.3 Å². The van der Waals surface area contributed by atoms with Gasteiger partial charge in [0.15, 0.2) is 0 Å². The first-order valence-electron chi connectivity index (χ1n) is 9.48. The van der Waals surface area contributed by atoms with Gasteiger partial charge in [0.05, 0.1) is 12.2 Å². The van der Waals surface area contributed by atoms with Crippen molar-refractivity contribution in [3.05, 3.63) is 58.1 Å². The number of amides is 1. The van der Waals surface area contributed by atoms with Crippen molar-refractivity contribution in [2.45, 2.75) is 44.7 Å². The molecular weight excluding hydrogens is 392 g/mol. The van der Waals surface area contributed by atoms with Crippen LogP contribution in [0.2, 0.25) is 0 Å². The van der Waals surface area contributed by atoms with Gasteiger partial charge in [0.2, 0.25) is 5.91 Å². The number of ether oxygens (including phenoxy) is 2. The molecule has 0 radical (unpaired) electrons. The van der Waals surface area contributed by atoms with E-state index < -0.39 is 36.7 Å². The van der Waals surface area contributed by atoms with E-state index in [0.29, 0.717) is 11.1 Å². The van der Waals surface area contributed by atoms with E-state index in [9.17, 15) is 19.5 Å². The molecule has 4 N–H and O–H groups in total. The second kappa shape index (κ2) is 9.16. The first-order valence-corrected chi connectivity index (χ1v) is 9.48. The third-order valence-corrected chi connectivity index (χ3v) is 4.73. The summed E-state index contributed by atoms with van der Waals surface area (Å²) in [7, 11) is 0. The summed E-state index contributed by atoms with van der Waals surface area (Å²) in [6.07, 6.45) is -0.776. The lowest BCUT2D eigenvalue weighted by molar-refractivity contribution is -0.114. The summed E-state index contributed by atoms with van der Waals surface area (Å²) in [5, 5.41) is 12.1. The zero-order chi connectivity index (χ0) is 21.8. The molecule has 1 aliphatic rings. The molecular formula is C20H24N4O6. The number of rotatable bonds is 6. The molecule has 2 aromatic rings. The van der Waals surface area contributed by atoms with Crippen molar-refractivity contribution in [2.24, 2.45) is 5.73 Å². The monoisotopic (exact) mass is 416 g/mol. The highest BCUT2D eigenvalue weighted by molar-refractivity contribution is 5.91. The topological polar surface area (TPSA) is 146 Å². The maximum atomic E-state index is 12.7. The molecule has 10 heteroatoms. The van der Waals surface area contributed by atoms with Gasteiger partial charge in [0, 0.05) is 25.6 Å². The molecule has 30 heavy (non-hydrogen) atoms. The van der Waals surface area contributed by atoms with Gasteiger partial charge in [-0.1, -0.05) is 18.2 Å². The minimum Gasteiger partial charge on any atom is -0.456 e. The van der Waals surface area contributed by atoms with Crippen LogP contribution in [0.3, 0.4) is 0 Å². The summed E-state index contributed by atoms with van der Waals surface area (Å²) in [4.78, 5) is 39.9. The molecule has 1 saturated heterocycles. The molecule has 0 saturated carbocycles. The quantitative estimate of drug-likeness (QED) is 0.584. The lowest BCUT2D eigenvalue weighted by Crippen LogP contribution is -2.30. The average Bonchev–Trinajstić information content (AvgIpc) is 3.10. The van der Waals surface area contributed by atoms with Gasteiger partial charge < -0.3 is 25.6 Å². The van der Waals surface area contributed by atoms with Crippen molar-refractivity contribution in [1.29, 1.82) is 0 Å². The number of carbonyl (C=O) groups excluding carboxylic acids is 2. The highest BCUT2D eigenvalue weighted by atomic mass is 16.6. The van der Waals surface area contributed by atoms with E-state index in [1.807, 2.05) is 0 Å². The summed E-state index contributed by atoms with van der Waals surface area (Å²) in [5.74, 6) is -0.811. The maximum Gasteiger partial charge on any atom is 0.351 e. The third-order valence-electron chi connectivity index (χ3n) is 4.73. The van der Waals surface area contributed by atoms with Crippen molar-refractivity contribution in [2.75, 3.05) is 11.9 Å². The van der Waals surface area contributed by atoms with Gasteiger partial charge in [-0.3, -0.25) is 9.36 Å². The normalized spacial score (nSPS) is 21.8. The van der Waals surface area contributed by atoms with Crippen LogP contribution in [-0.2, 0) is 14.3 Å². The Morgan fingerprint density at radius 1 is 1.40 bits per heavy atom. The predicted octanol–water partition coefficient (Wildman–Crippen LogP) is 0.727. The maximum absolute atomic E-state index is 12.7. The summed E-state index contributed by atoms with van der Waals surface area (Å²) in [6.45, 7) is 2.68. The van der Waals surface area contributed by atoms with Gasteiger partial charge in [-0.05, 0) is 24.6 Å². The van der Waals surface area contributed by atoms with E-state index in [1.54, 1.807) is 31.2 Å². The van der Waals surface area contributed by atoms with Crippen LogP contribution in [-0.4, -0.2) is 45.3 Å². The summed E-state index contributed by atoms with van der Waals surface area (Å²) < 4.78 is 12.5. The second-order valence-corrected chi connectivity index (χ2v) is 7.05. The number of hydrogen-bond acceptors (Lipinski definition) is 8. The van der Waals surface area contributed by atoms with Crippen molar-refractivity contribution in [3.8, 4) is 0 Å². The lowest BCUT2D eigenvalue weighted by atomic mass is 10.0. The number of nitrogens with zero attached hydrogens (tertiary/aromatic N) is 2. The van der Waals surface area contributed by atoms with Gasteiger partial charge in [-0.2, -0.15) is 4.98 Å². The standard InChI is InChI=1S/C20H24N4O6/c1-11(21)13-5-3-4-6-14(13)19(27)30-15-9-18(29-16(15)10-25)24-8-7-17(22-12(2)26)23-20(24)28/h3-8,11,15-16,18,25H,9-10,21H2,1-2H3,(H,22,23,26,28)/t11?,15-,16?,18-/m1/s1. The molecule has 4 atom stereocenters. The Morgan fingerprint density at radius 2 is 2.13 bits per heavy atom. The molecule has 0 aliphatic carbocycles. The first kappa shape index (κ1) is 21.6. The number of carbonyl (C=O) groups is 2. The van der Waals surface area contributed by atoms with Crippen LogP contribution in [0.25, 0.3) is 0 Å². The fourth-order valence-electron chi connectivity index (χ4n) is 3.32.